The summed E-state index contributed by atoms with van der Waals surface area (Å²) < 4.78 is 31.6. The van der Waals surface area contributed by atoms with Gasteiger partial charge in [-0.05, 0) is 49.1 Å². The molecule has 0 aliphatic heterocycles. The number of carbonyl (C=O) groups excluding carboxylic acids is 2. The van der Waals surface area contributed by atoms with Crippen molar-refractivity contribution in [2.24, 2.45) is 0 Å². The highest BCUT2D eigenvalue weighted by atomic mass is 35.5. The maximum atomic E-state index is 13.8. The number of nitrogens with one attached hydrogen (secondary N) is 1. The van der Waals surface area contributed by atoms with Crippen LogP contribution in [-0.4, -0.2) is 57.1 Å². The second-order valence-electron chi connectivity index (χ2n) is 9.13. The highest BCUT2D eigenvalue weighted by Gasteiger charge is 2.33. The zero-order chi connectivity index (χ0) is 27.2. The number of methoxy groups -OCH3 is 1. The van der Waals surface area contributed by atoms with Crippen molar-refractivity contribution in [2.75, 3.05) is 24.2 Å². The molecule has 3 rings (SSSR count). The largest absolute Gasteiger partial charge is 0.497 e. The van der Waals surface area contributed by atoms with Gasteiger partial charge < -0.3 is 15.0 Å². The smallest absolute Gasteiger partial charge is 0.244 e. The van der Waals surface area contributed by atoms with Crippen molar-refractivity contribution in [1.29, 1.82) is 0 Å². The van der Waals surface area contributed by atoms with Crippen molar-refractivity contribution in [3.63, 3.8) is 0 Å². The number of rotatable bonds is 11. The van der Waals surface area contributed by atoms with Crippen LogP contribution >= 0.6 is 23.2 Å². The quantitative estimate of drug-likeness (QED) is 0.425. The highest BCUT2D eigenvalue weighted by Crippen LogP contribution is 2.34. The molecule has 1 aliphatic rings. The normalized spacial score (nSPS) is 14.7. The summed E-state index contributed by atoms with van der Waals surface area (Å²) in [5.74, 6) is -0.125. The van der Waals surface area contributed by atoms with E-state index in [9.17, 15) is 18.0 Å². The van der Waals surface area contributed by atoms with Gasteiger partial charge in [-0.15, -0.1) is 0 Å². The fraction of sp³-hybridized carbons (Fsp3) is 0.462. The number of amides is 2. The van der Waals surface area contributed by atoms with E-state index in [1.807, 2.05) is 19.1 Å². The molecule has 0 aromatic heterocycles. The molecule has 11 heteroatoms. The number of hydrogen-bond acceptors (Lipinski definition) is 5. The van der Waals surface area contributed by atoms with Gasteiger partial charge in [-0.3, -0.25) is 13.9 Å². The Morgan fingerprint density at radius 2 is 1.76 bits per heavy atom. The van der Waals surface area contributed by atoms with Gasteiger partial charge in [-0.25, -0.2) is 8.42 Å². The third kappa shape index (κ3) is 7.52. The molecule has 202 valence electrons. The second-order valence-corrected chi connectivity index (χ2v) is 11.8. The van der Waals surface area contributed by atoms with Gasteiger partial charge >= 0.3 is 0 Å². The molecule has 2 aromatic rings. The first-order valence-electron chi connectivity index (χ1n) is 12.2. The molecule has 37 heavy (non-hydrogen) atoms. The molecule has 1 saturated carbocycles. The Bertz CT molecular complexity index is 1200. The minimum Gasteiger partial charge on any atom is -0.497 e. The van der Waals surface area contributed by atoms with E-state index in [4.69, 9.17) is 27.9 Å². The molecule has 1 aliphatic carbocycles. The standard InChI is InChI=1S/C26H33Cl2N3O5S/c1-4-22(26(33)29-19-8-5-6-9-19)30(16-18-12-14-20(36-2)15-13-18)24(32)17-31(37(3,34)35)23-11-7-10-21(27)25(23)28/h7,10-15,19,22H,4-6,8-9,16-17H2,1-3H3,(H,29,33)/t22-/m0/s1. The zero-order valence-corrected chi connectivity index (χ0v) is 23.6. The molecule has 8 nitrogen and oxygen atoms in total. The number of sulfonamides is 1. The van der Waals surface area contributed by atoms with Crippen molar-refractivity contribution in [3.05, 3.63) is 58.1 Å². The lowest BCUT2D eigenvalue weighted by molar-refractivity contribution is -0.140. The predicted octanol–water partition coefficient (Wildman–Crippen LogP) is 4.63. The van der Waals surface area contributed by atoms with Crippen LogP contribution in [0.5, 0.6) is 5.75 Å². The van der Waals surface area contributed by atoms with Crippen molar-refractivity contribution < 1.29 is 22.7 Å². The number of ether oxygens (including phenoxy) is 1. The lowest BCUT2D eigenvalue weighted by atomic mass is 10.1. The fourth-order valence-corrected chi connectivity index (χ4v) is 5.80. The van der Waals surface area contributed by atoms with E-state index in [-0.39, 0.29) is 34.2 Å². The summed E-state index contributed by atoms with van der Waals surface area (Å²) >= 11 is 12.4. The van der Waals surface area contributed by atoms with E-state index in [1.54, 1.807) is 25.3 Å². The van der Waals surface area contributed by atoms with Gasteiger partial charge in [0.1, 0.15) is 18.3 Å². The topological polar surface area (TPSA) is 96.0 Å². The Labute approximate surface area is 228 Å². The molecular formula is C26H33Cl2N3O5S. The summed E-state index contributed by atoms with van der Waals surface area (Å²) in [5, 5.41) is 3.27. The monoisotopic (exact) mass is 569 g/mol. The average molecular weight is 571 g/mol. The summed E-state index contributed by atoms with van der Waals surface area (Å²) in [7, 11) is -2.35. The molecule has 1 atom stereocenters. The van der Waals surface area contributed by atoms with Gasteiger partial charge in [0.2, 0.25) is 21.8 Å². The molecule has 0 spiro atoms. The summed E-state index contributed by atoms with van der Waals surface area (Å²) in [6.45, 7) is 1.40. The minimum atomic E-state index is -3.91. The van der Waals surface area contributed by atoms with E-state index in [2.05, 4.69) is 5.32 Å². The van der Waals surface area contributed by atoms with Gasteiger partial charge in [0, 0.05) is 12.6 Å². The third-order valence-corrected chi connectivity index (χ3v) is 8.41. The highest BCUT2D eigenvalue weighted by molar-refractivity contribution is 7.92. The van der Waals surface area contributed by atoms with E-state index in [0.717, 1.165) is 41.8 Å². The van der Waals surface area contributed by atoms with E-state index in [0.29, 0.717) is 12.2 Å². The molecular weight excluding hydrogens is 537 g/mol. The van der Waals surface area contributed by atoms with Gasteiger partial charge in [-0.2, -0.15) is 0 Å². The van der Waals surface area contributed by atoms with Crippen LogP contribution in [0.4, 0.5) is 5.69 Å². The Balaban J connectivity index is 1.95. The molecule has 0 bridgehead atoms. The van der Waals surface area contributed by atoms with Crippen LogP contribution in [0.1, 0.15) is 44.6 Å². The van der Waals surface area contributed by atoms with E-state index in [1.165, 1.54) is 17.0 Å². The van der Waals surface area contributed by atoms with Crippen LogP contribution in [0.2, 0.25) is 10.0 Å². The van der Waals surface area contributed by atoms with Crippen molar-refractivity contribution >= 4 is 50.7 Å². The van der Waals surface area contributed by atoms with Gasteiger partial charge in [-0.1, -0.05) is 61.2 Å². The number of halogens is 2. The summed E-state index contributed by atoms with van der Waals surface area (Å²) in [4.78, 5) is 28.5. The lowest BCUT2D eigenvalue weighted by Crippen LogP contribution is -2.53. The Hall–Kier alpha value is -2.49. The maximum absolute atomic E-state index is 13.8. The first-order chi connectivity index (χ1) is 17.5. The first kappa shape index (κ1) is 29.1. The Morgan fingerprint density at radius 3 is 2.32 bits per heavy atom. The zero-order valence-electron chi connectivity index (χ0n) is 21.2. The number of nitrogens with zero attached hydrogens (tertiary/aromatic N) is 2. The van der Waals surface area contributed by atoms with E-state index >= 15 is 0 Å². The maximum Gasteiger partial charge on any atom is 0.244 e. The molecule has 0 saturated heterocycles. The Morgan fingerprint density at radius 1 is 1.11 bits per heavy atom. The predicted molar refractivity (Wildman–Crippen MR) is 147 cm³/mol. The van der Waals surface area contributed by atoms with Crippen LogP contribution < -0.4 is 14.4 Å². The van der Waals surface area contributed by atoms with Gasteiger partial charge in [0.15, 0.2) is 0 Å². The number of carbonyl (C=O) groups is 2. The van der Waals surface area contributed by atoms with Gasteiger partial charge in [0.05, 0.1) is 29.1 Å². The number of anilines is 1. The van der Waals surface area contributed by atoms with Crippen LogP contribution in [-0.2, 0) is 26.2 Å². The number of benzene rings is 2. The first-order valence-corrected chi connectivity index (χ1v) is 14.8. The molecule has 2 amide bonds. The van der Waals surface area contributed by atoms with Crippen LogP contribution in [0.15, 0.2) is 42.5 Å². The fourth-order valence-electron chi connectivity index (χ4n) is 4.49. The van der Waals surface area contributed by atoms with Crippen LogP contribution in [0.25, 0.3) is 0 Å². The minimum absolute atomic E-state index is 0.0233. The van der Waals surface area contributed by atoms with Crippen molar-refractivity contribution in [1.82, 2.24) is 10.2 Å². The third-order valence-electron chi connectivity index (χ3n) is 6.48. The van der Waals surface area contributed by atoms with E-state index < -0.39 is 28.5 Å². The van der Waals surface area contributed by atoms with Crippen molar-refractivity contribution in [2.45, 2.75) is 57.7 Å². The lowest BCUT2D eigenvalue weighted by Gasteiger charge is -2.33. The summed E-state index contributed by atoms with van der Waals surface area (Å²) in [5.41, 5.74) is 0.867. The summed E-state index contributed by atoms with van der Waals surface area (Å²) in [6.07, 6.45) is 5.28. The average Bonchev–Trinajstić information content (AvgIpc) is 3.37. The molecule has 0 radical (unpaired) electrons. The van der Waals surface area contributed by atoms with Crippen molar-refractivity contribution in [3.8, 4) is 5.75 Å². The molecule has 0 unspecified atom stereocenters. The van der Waals surface area contributed by atoms with Crippen LogP contribution in [0.3, 0.4) is 0 Å². The molecule has 0 heterocycles. The Kier molecular flexibility index (Phi) is 10.1. The van der Waals surface area contributed by atoms with Gasteiger partial charge in [0.25, 0.3) is 0 Å². The molecule has 1 fully saturated rings. The van der Waals surface area contributed by atoms with Crippen LogP contribution in [0, 0.1) is 0 Å². The molecule has 1 N–H and O–H groups in total. The second kappa shape index (κ2) is 12.8. The number of hydrogen-bond donors (Lipinski definition) is 1. The molecule has 2 aromatic carbocycles. The SMILES string of the molecule is CC[C@@H](C(=O)NC1CCCC1)N(Cc1ccc(OC)cc1)C(=O)CN(c1cccc(Cl)c1Cl)S(C)(=O)=O. The summed E-state index contributed by atoms with van der Waals surface area (Å²) in [6, 6.07) is 11.0.